The molecule has 3 aromatic rings. The minimum absolute atomic E-state index is 0.0925. The smallest absolute Gasteiger partial charge is 0.321 e. The second-order valence-electron chi connectivity index (χ2n) is 6.15. The molecule has 1 unspecified atom stereocenters. The number of hydrogen-bond acceptors (Lipinski definition) is 5. The predicted molar refractivity (Wildman–Crippen MR) is 116 cm³/mol. The van der Waals surface area contributed by atoms with E-state index in [4.69, 9.17) is 40.5 Å². The van der Waals surface area contributed by atoms with E-state index in [2.05, 4.69) is 26.1 Å². The number of aromatic amines is 1. The zero-order valence-corrected chi connectivity index (χ0v) is 17.4. The Morgan fingerprint density at radius 1 is 1.20 bits per heavy atom. The van der Waals surface area contributed by atoms with Crippen LogP contribution in [0, 0.1) is 5.82 Å². The lowest BCUT2D eigenvalue weighted by Crippen LogP contribution is -2.34. The number of benzene rings is 2. The zero-order valence-electron chi connectivity index (χ0n) is 15.1. The normalized spacial score (nSPS) is 11.8. The maximum atomic E-state index is 13.4. The van der Waals surface area contributed by atoms with Crippen LogP contribution < -0.4 is 21.7 Å². The number of H-pyrrole nitrogens is 1. The van der Waals surface area contributed by atoms with Crippen LogP contribution in [0.15, 0.2) is 36.4 Å². The number of nitrogen functional groups attached to an aromatic ring is 1. The summed E-state index contributed by atoms with van der Waals surface area (Å²) >= 11 is 17.7. The summed E-state index contributed by atoms with van der Waals surface area (Å²) in [4.78, 5) is 12.4. The molecule has 0 saturated heterocycles. The standard InChI is InChI=1S/C18H16Cl3FN6O2/c19-9-4-10(20)6-11(5-9)24-15-16(23)27-28-17(15)26-18(30)25-14(7-29)8-1-2-13(22)12(21)3-8/h1-6,14,24,29H,7H2,(H5,23,25,26,27,28,30). The molecule has 0 aliphatic carbocycles. The number of aliphatic hydroxyl groups excluding tert-OH is 1. The summed E-state index contributed by atoms with van der Waals surface area (Å²) in [6.07, 6.45) is 0. The first-order valence-electron chi connectivity index (χ1n) is 8.47. The number of nitrogens with zero attached hydrogens (tertiary/aromatic N) is 1. The molecule has 0 fully saturated rings. The molecule has 1 atom stereocenters. The quantitative estimate of drug-likeness (QED) is 0.309. The number of anilines is 4. The van der Waals surface area contributed by atoms with Crippen molar-refractivity contribution in [2.45, 2.75) is 6.04 Å². The van der Waals surface area contributed by atoms with Crippen LogP contribution in [-0.2, 0) is 0 Å². The number of nitrogens with two attached hydrogens (primary N) is 1. The van der Waals surface area contributed by atoms with Gasteiger partial charge in [-0.3, -0.25) is 10.4 Å². The van der Waals surface area contributed by atoms with E-state index in [0.29, 0.717) is 21.3 Å². The number of carbonyl (C=O) groups is 1. The molecular weight excluding hydrogens is 458 g/mol. The Kier molecular flexibility index (Phi) is 6.88. The maximum absolute atomic E-state index is 13.4. The van der Waals surface area contributed by atoms with Gasteiger partial charge in [0.15, 0.2) is 5.82 Å². The van der Waals surface area contributed by atoms with Gasteiger partial charge in [0.2, 0.25) is 0 Å². The number of aliphatic hydroxyl groups is 1. The van der Waals surface area contributed by atoms with Crippen molar-refractivity contribution in [2.24, 2.45) is 0 Å². The van der Waals surface area contributed by atoms with Gasteiger partial charge in [-0.15, -0.1) is 0 Å². The highest BCUT2D eigenvalue weighted by Gasteiger charge is 2.19. The van der Waals surface area contributed by atoms with Crippen molar-refractivity contribution in [2.75, 3.05) is 23.0 Å². The van der Waals surface area contributed by atoms with Crippen molar-refractivity contribution in [3.63, 3.8) is 0 Å². The van der Waals surface area contributed by atoms with Gasteiger partial charge < -0.3 is 21.5 Å². The Hall–Kier alpha value is -2.72. The van der Waals surface area contributed by atoms with Crippen LogP contribution in [-0.4, -0.2) is 27.9 Å². The number of hydrogen-bond donors (Lipinski definition) is 6. The van der Waals surface area contributed by atoms with Gasteiger partial charge in [0.25, 0.3) is 0 Å². The zero-order chi connectivity index (χ0) is 21.8. The van der Waals surface area contributed by atoms with Gasteiger partial charge in [-0.05, 0) is 35.9 Å². The molecule has 2 aromatic carbocycles. The number of carbonyl (C=O) groups excluding carboxylic acids is 1. The number of nitrogens with one attached hydrogen (secondary N) is 4. The molecule has 0 aliphatic heterocycles. The molecule has 7 N–H and O–H groups in total. The second-order valence-corrected chi connectivity index (χ2v) is 7.43. The van der Waals surface area contributed by atoms with Crippen molar-refractivity contribution < 1.29 is 14.3 Å². The molecule has 30 heavy (non-hydrogen) atoms. The van der Waals surface area contributed by atoms with E-state index in [9.17, 15) is 14.3 Å². The molecule has 3 rings (SSSR count). The summed E-state index contributed by atoms with van der Waals surface area (Å²) in [5.74, 6) is -0.356. The molecule has 0 spiro atoms. The SMILES string of the molecule is Nc1[nH]nc(NC(=O)NC(CO)c2ccc(F)c(Cl)c2)c1Nc1cc(Cl)cc(Cl)c1. The highest BCUT2D eigenvalue weighted by atomic mass is 35.5. The lowest BCUT2D eigenvalue weighted by atomic mass is 10.1. The van der Waals surface area contributed by atoms with Crippen LogP contribution in [0.4, 0.5) is 32.2 Å². The van der Waals surface area contributed by atoms with Crippen LogP contribution in [0.2, 0.25) is 15.1 Å². The molecule has 2 amide bonds. The van der Waals surface area contributed by atoms with E-state index >= 15 is 0 Å². The topological polar surface area (TPSA) is 128 Å². The molecule has 0 bridgehead atoms. The Morgan fingerprint density at radius 2 is 1.90 bits per heavy atom. The van der Waals surface area contributed by atoms with E-state index in [-0.39, 0.29) is 22.3 Å². The fourth-order valence-electron chi connectivity index (χ4n) is 2.61. The van der Waals surface area contributed by atoms with E-state index in [1.807, 2.05) is 0 Å². The van der Waals surface area contributed by atoms with E-state index in [1.165, 1.54) is 12.1 Å². The summed E-state index contributed by atoms with van der Waals surface area (Å²) in [5.41, 5.74) is 7.12. The van der Waals surface area contributed by atoms with Gasteiger partial charge in [0, 0.05) is 15.7 Å². The lowest BCUT2D eigenvalue weighted by Gasteiger charge is -2.17. The molecule has 8 nitrogen and oxygen atoms in total. The van der Waals surface area contributed by atoms with E-state index < -0.39 is 24.5 Å². The second kappa shape index (κ2) is 9.40. The summed E-state index contributed by atoms with van der Waals surface area (Å²) in [7, 11) is 0. The largest absolute Gasteiger partial charge is 0.394 e. The first-order valence-corrected chi connectivity index (χ1v) is 9.60. The van der Waals surface area contributed by atoms with Crippen LogP contribution >= 0.6 is 34.8 Å². The Morgan fingerprint density at radius 3 is 2.53 bits per heavy atom. The molecule has 0 saturated carbocycles. The third-order valence-corrected chi connectivity index (χ3v) is 4.72. The predicted octanol–water partition coefficient (Wildman–Crippen LogP) is 4.69. The molecule has 158 valence electrons. The van der Waals surface area contributed by atoms with Gasteiger partial charge in [-0.25, -0.2) is 9.18 Å². The van der Waals surface area contributed by atoms with Crippen LogP contribution in [0.3, 0.4) is 0 Å². The van der Waals surface area contributed by atoms with Gasteiger partial charge in [0.1, 0.15) is 17.3 Å². The van der Waals surface area contributed by atoms with Gasteiger partial charge >= 0.3 is 6.03 Å². The Balaban J connectivity index is 1.74. The Bertz CT molecular complexity index is 1060. The molecule has 1 aromatic heterocycles. The first kappa shape index (κ1) is 22.0. The maximum Gasteiger partial charge on any atom is 0.321 e. The molecule has 0 radical (unpaired) electrons. The highest BCUT2D eigenvalue weighted by Crippen LogP contribution is 2.31. The third kappa shape index (κ3) is 5.25. The number of urea groups is 1. The number of aromatic nitrogens is 2. The monoisotopic (exact) mass is 472 g/mol. The summed E-state index contributed by atoms with van der Waals surface area (Å²) in [5, 5.41) is 24.8. The summed E-state index contributed by atoms with van der Waals surface area (Å²) in [6, 6.07) is 7.15. The fraction of sp³-hybridized carbons (Fsp3) is 0.111. The van der Waals surface area contributed by atoms with Gasteiger partial charge in [-0.2, -0.15) is 5.10 Å². The van der Waals surface area contributed by atoms with Crippen molar-refractivity contribution in [1.82, 2.24) is 15.5 Å². The number of amides is 2. The fourth-order valence-corrected chi connectivity index (χ4v) is 3.32. The van der Waals surface area contributed by atoms with Crippen molar-refractivity contribution in [3.8, 4) is 0 Å². The average Bonchev–Trinajstić information content (AvgIpc) is 3.01. The number of rotatable bonds is 6. The Labute approximate surface area is 185 Å². The lowest BCUT2D eigenvalue weighted by molar-refractivity contribution is 0.225. The summed E-state index contributed by atoms with van der Waals surface area (Å²) in [6.45, 7) is -0.440. The highest BCUT2D eigenvalue weighted by molar-refractivity contribution is 6.35. The number of halogens is 4. The van der Waals surface area contributed by atoms with Crippen LogP contribution in [0.5, 0.6) is 0 Å². The third-order valence-electron chi connectivity index (χ3n) is 3.99. The average molecular weight is 474 g/mol. The summed E-state index contributed by atoms with van der Waals surface area (Å²) < 4.78 is 13.4. The minimum Gasteiger partial charge on any atom is -0.394 e. The van der Waals surface area contributed by atoms with Crippen LogP contribution in [0.25, 0.3) is 0 Å². The van der Waals surface area contributed by atoms with Crippen molar-refractivity contribution >= 4 is 63.8 Å². The van der Waals surface area contributed by atoms with E-state index in [1.54, 1.807) is 18.2 Å². The minimum atomic E-state index is -0.831. The first-order chi connectivity index (χ1) is 14.3. The molecule has 12 heteroatoms. The van der Waals surface area contributed by atoms with Crippen LogP contribution in [0.1, 0.15) is 11.6 Å². The molecular formula is C18H16Cl3FN6O2. The van der Waals surface area contributed by atoms with Gasteiger partial charge in [0.05, 0.1) is 17.7 Å². The van der Waals surface area contributed by atoms with Gasteiger partial charge in [-0.1, -0.05) is 40.9 Å². The van der Waals surface area contributed by atoms with Crippen molar-refractivity contribution in [3.05, 3.63) is 62.8 Å². The van der Waals surface area contributed by atoms with E-state index in [0.717, 1.165) is 6.07 Å². The molecule has 0 aliphatic rings. The molecule has 1 heterocycles. The van der Waals surface area contributed by atoms with Crippen molar-refractivity contribution in [1.29, 1.82) is 0 Å².